The zero-order chi connectivity index (χ0) is 22.1. The number of esters is 1. The van der Waals surface area contributed by atoms with Gasteiger partial charge in [0.25, 0.3) is 0 Å². The number of benzene rings is 2. The van der Waals surface area contributed by atoms with Crippen LogP contribution in [0.1, 0.15) is 61.1 Å². The van der Waals surface area contributed by atoms with Crippen LogP contribution in [0.4, 0.5) is 11.4 Å². The molecule has 4 rings (SSSR count). The fourth-order valence-electron chi connectivity index (χ4n) is 4.85. The fourth-order valence-corrected chi connectivity index (χ4v) is 4.85. The molecule has 2 aromatic carbocycles. The summed E-state index contributed by atoms with van der Waals surface area (Å²) < 4.78 is 5.22. The van der Waals surface area contributed by atoms with Gasteiger partial charge in [0.05, 0.1) is 29.8 Å². The van der Waals surface area contributed by atoms with E-state index in [1.54, 1.807) is 32.0 Å². The lowest BCUT2D eigenvalue weighted by atomic mass is 9.79. The summed E-state index contributed by atoms with van der Waals surface area (Å²) in [5.74, 6) is 0.401. The first-order valence-electron chi connectivity index (χ1n) is 11.0. The van der Waals surface area contributed by atoms with E-state index in [4.69, 9.17) is 10.00 Å². The van der Waals surface area contributed by atoms with Crippen molar-refractivity contribution >= 4 is 17.3 Å². The SMILES string of the molecule is CCOC(=O)c1ccc2c(c1)[C@H](Nc1ccc(C#N)cc1)[C@@H](C)[C@H](C1CC1)N2C(C)O. The molecule has 0 bridgehead atoms. The van der Waals surface area contributed by atoms with Crippen LogP contribution in [0.15, 0.2) is 42.5 Å². The van der Waals surface area contributed by atoms with E-state index in [1.807, 2.05) is 24.3 Å². The molecule has 0 aromatic heterocycles. The Morgan fingerprint density at radius 3 is 2.58 bits per heavy atom. The van der Waals surface area contributed by atoms with E-state index in [2.05, 4.69) is 23.2 Å². The highest BCUT2D eigenvalue weighted by atomic mass is 16.5. The van der Waals surface area contributed by atoms with Crippen LogP contribution < -0.4 is 10.2 Å². The maximum Gasteiger partial charge on any atom is 0.338 e. The summed E-state index contributed by atoms with van der Waals surface area (Å²) in [5, 5.41) is 23.4. The highest BCUT2D eigenvalue weighted by molar-refractivity contribution is 5.90. The summed E-state index contributed by atoms with van der Waals surface area (Å²) in [6.45, 7) is 6.13. The molecule has 2 aliphatic rings. The van der Waals surface area contributed by atoms with Crippen LogP contribution in [0.3, 0.4) is 0 Å². The number of hydrogen-bond acceptors (Lipinski definition) is 6. The number of carbonyl (C=O) groups is 1. The zero-order valence-corrected chi connectivity index (χ0v) is 18.2. The quantitative estimate of drug-likeness (QED) is 0.673. The van der Waals surface area contributed by atoms with Gasteiger partial charge in [-0.25, -0.2) is 4.79 Å². The predicted octanol–water partition coefficient (Wildman–Crippen LogP) is 4.46. The van der Waals surface area contributed by atoms with Crippen LogP contribution in [-0.2, 0) is 4.74 Å². The minimum atomic E-state index is -0.629. The zero-order valence-electron chi connectivity index (χ0n) is 18.2. The van der Waals surface area contributed by atoms with Gasteiger partial charge in [-0.05, 0) is 80.6 Å². The number of hydrogen-bond donors (Lipinski definition) is 2. The maximum atomic E-state index is 12.4. The third-order valence-corrected chi connectivity index (χ3v) is 6.38. The average molecular weight is 420 g/mol. The Balaban J connectivity index is 1.78. The largest absolute Gasteiger partial charge is 0.462 e. The van der Waals surface area contributed by atoms with Crippen LogP contribution in [0.5, 0.6) is 0 Å². The summed E-state index contributed by atoms with van der Waals surface area (Å²) in [7, 11) is 0. The summed E-state index contributed by atoms with van der Waals surface area (Å²) in [5.41, 5.74) is 3.96. The molecule has 1 saturated carbocycles. The number of carbonyl (C=O) groups excluding carboxylic acids is 1. The molecule has 1 unspecified atom stereocenters. The molecule has 1 aliphatic carbocycles. The molecule has 0 spiro atoms. The minimum Gasteiger partial charge on any atom is -0.462 e. The molecule has 4 atom stereocenters. The third kappa shape index (κ3) is 4.11. The number of aliphatic hydroxyl groups is 1. The molecular formula is C25H29N3O3. The van der Waals surface area contributed by atoms with Gasteiger partial charge in [-0.1, -0.05) is 6.92 Å². The van der Waals surface area contributed by atoms with E-state index in [-0.39, 0.29) is 24.0 Å². The molecule has 0 amide bonds. The van der Waals surface area contributed by atoms with Gasteiger partial charge in [-0.15, -0.1) is 0 Å². The molecule has 162 valence electrons. The van der Waals surface area contributed by atoms with Gasteiger partial charge >= 0.3 is 5.97 Å². The summed E-state index contributed by atoms with van der Waals surface area (Å²) in [4.78, 5) is 14.5. The van der Waals surface area contributed by atoms with Crippen molar-refractivity contribution in [1.82, 2.24) is 0 Å². The number of nitrogens with zero attached hydrogens (tertiary/aromatic N) is 2. The average Bonchev–Trinajstić information content (AvgIpc) is 3.60. The van der Waals surface area contributed by atoms with Crippen molar-refractivity contribution in [2.45, 2.75) is 51.9 Å². The smallest absolute Gasteiger partial charge is 0.338 e. The Hall–Kier alpha value is -3.04. The predicted molar refractivity (Wildman–Crippen MR) is 120 cm³/mol. The summed E-state index contributed by atoms with van der Waals surface area (Å²) >= 11 is 0. The normalized spacial score (nSPS) is 23.5. The number of ether oxygens (including phenoxy) is 1. The first kappa shape index (κ1) is 21.2. The number of anilines is 2. The van der Waals surface area contributed by atoms with E-state index < -0.39 is 6.23 Å². The number of nitrogens with one attached hydrogen (secondary N) is 1. The molecular weight excluding hydrogens is 390 g/mol. The third-order valence-electron chi connectivity index (χ3n) is 6.38. The van der Waals surface area contributed by atoms with Crippen molar-refractivity contribution in [3.63, 3.8) is 0 Å². The number of aliphatic hydroxyl groups excluding tert-OH is 1. The number of fused-ring (bicyclic) bond motifs is 1. The molecule has 31 heavy (non-hydrogen) atoms. The Labute approximate surface area is 183 Å². The van der Waals surface area contributed by atoms with Crippen molar-refractivity contribution in [2.24, 2.45) is 11.8 Å². The van der Waals surface area contributed by atoms with Gasteiger partial charge in [0.1, 0.15) is 6.23 Å². The Morgan fingerprint density at radius 1 is 1.29 bits per heavy atom. The molecule has 1 fully saturated rings. The highest BCUT2D eigenvalue weighted by Gasteiger charge is 2.47. The van der Waals surface area contributed by atoms with Crippen molar-refractivity contribution in [2.75, 3.05) is 16.8 Å². The van der Waals surface area contributed by atoms with Gasteiger partial charge < -0.3 is 20.1 Å². The van der Waals surface area contributed by atoms with Crippen LogP contribution in [0.25, 0.3) is 0 Å². The molecule has 6 nitrogen and oxygen atoms in total. The van der Waals surface area contributed by atoms with Gasteiger partial charge in [-0.3, -0.25) is 0 Å². The lowest BCUT2D eigenvalue weighted by Gasteiger charge is -2.48. The Morgan fingerprint density at radius 2 is 2.00 bits per heavy atom. The highest BCUT2D eigenvalue weighted by Crippen LogP contribution is 2.50. The van der Waals surface area contributed by atoms with Crippen LogP contribution in [0, 0.1) is 23.2 Å². The fraction of sp³-hybridized carbons (Fsp3) is 0.440. The second-order valence-corrected chi connectivity index (χ2v) is 8.53. The molecule has 2 N–H and O–H groups in total. The molecule has 0 saturated heterocycles. The molecule has 6 heteroatoms. The number of nitriles is 1. The van der Waals surface area contributed by atoms with Crippen molar-refractivity contribution in [3.8, 4) is 6.07 Å². The molecule has 0 radical (unpaired) electrons. The van der Waals surface area contributed by atoms with Crippen LogP contribution in [-0.4, -0.2) is 30.0 Å². The van der Waals surface area contributed by atoms with E-state index in [0.717, 1.165) is 29.8 Å². The van der Waals surface area contributed by atoms with Crippen molar-refractivity contribution < 1.29 is 14.6 Å². The molecule has 2 aromatic rings. The molecule has 1 heterocycles. The second-order valence-electron chi connectivity index (χ2n) is 8.53. The monoisotopic (exact) mass is 419 g/mol. The Bertz CT molecular complexity index is 992. The van der Waals surface area contributed by atoms with E-state index >= 15 is 0 Å². The van der Waals surface area contributed by atoms with Gasteiger partial charge in [0.2, 0.25) is 0 Å². The standard InChI is InChI=1S/C25H29N3O3/c1-4-31-25(30)19-9-12-22-21(13-19)23(27-20-10-5-17(14-26)6-11-20)15(2)24(18-7-8-18)28(22)16(3)29/h5-6,9-13,15-16,18,23-24,27,29H,4,7-8H2,1-3H3/t15-,16?,23-,24-/m1/s1. The minimum absolute atomic E-state index is 0.0436. The topological polar surface area (TPSA) is 85.6 Å². The molecule has 1 aliphatic heterocycles. The Kier molecular flexibility index (Phi) is 5.88. The maximum absolute atomic E-state index is 12.4. The van der Waals surface area contributed by atoms with Gasteiger partial charge in [0.15, 0.2) is 0 Å². The lowest BCUT2D eigenvalue weighted by Crippen LogP contribution is -2.52. The summed E-state index contributed by atoms with van der Waals surface area (Å²) in [6, 6.07) is 15.3. The van der Waals surface area contributed by atoms with E-state index in [0.29, 0.717) is 23.7 Å². The first-order valence-corrected chi connectivity index (χ1v) is 11.0. The van der Waals surface area contributed by atoms with E-state index in [9.17, 15) is 9.90 Å². The van der Waals surface area contributed by atoms with Gasteiger partial charge in [-0.2, -0.15) is 5.26 Å². The second kappa shape index (κ2) is 8.60. The van der Waals surface area contributed by atoms with Crippen molar-refractivity contribution in [1.29, 1.82) is 5.26 Å². The van der Waals surface area contributed by atoms with Crippen LogP contribution >= 0.6 is 0 Å². The number of rotatable bonds is 6. The van der Waals surface area contributed by atoms with Gasteiger partial charge in [0, 0.05) is 23.3 Å². The summed E-state index contributed by atoms with van der Waals surface area (Å²) in [6.07, 6.45) is 1.70. The van der Waals surface area contributed by atoms with Crippen LogP contribution in [0.2, 0.25) is 0 Å². The lowest BCUT2D eigenvalue weighted by molar-refractivity contribution is 0.0526. The van der Waals surface area contributed by atoms with Crippen molar-refractivity contribution in [3.05, 3.63) is 59.2 Å². The van der Waals surface area contributed by atoms with E-state index in [1.165, 1.54) is 0 Å². The first-order chi connectivity index (χ1) is 14.9.